The molecule has 36 heavy (non-hydrogen) atoms. The van der Waals surface area contributed by atoms with Gasteiger partial charge in [-0.05, 0) is 23.3 Å². The lowest BCUT2D eigenvalue weighted by Crippen LogP contribution is -2.48. The molecule has 1 aromatic heterocycles. The smallest absolute Gasteiger partial charge is 0.145 e. The van der Waals surface area contributed by atoms with Gasteiger partial charge in [0, 0.05) is 44.7 Å². The molecule has 0 spiro atoms. The summed E-state index contributed by atoms with van der Waals surface area (Å²) in [5.41, 5.74) is 3.72. The fraction of sp³-hybridized carbons (Fsp3) is 0.333. The summed E-state index contributed by atoms with van der Waals surface area (Å²) in [6.45, 7) is 8.04. The summed E-state index contributed by atoms with van der Waals surface area (Å²) < 4.78 is 5.52. The van der Waals surface area contributed by atoms with E-state index in [1.54, 1.807) is 0 Å². The molecule has 6 rings (SSSR count). The zero-order valence-electron chi connectivity index (χ0n) is 20.7. The Balaban J connectivity index is 1.25. The zero-order valence-corrected chi connectivity index (χ0v) is 20.7. The van der Waals surface area contributed by atoms with Gasteiger partial charge in [-0.25, -0.2) is 9.97 Å². The molecule has 3 aromatic carbocycles. The molecular weight excluding hydrogens is 446 g/mol. The van der Waals surface area contributed by atoms with Gasteiger partial charge in [0.05, 0.1) is 31.3 Å². The van der Waals surface area contributed by atoms with Crippen molar-refractivity contribution in [3.8, 4) is 0 Å². The molecule has 0 bridgehead atoms. The number of para-hydroxylation sites is 1. The maximum absolute atomic E-state index is 5.52. The second-order valence-corrected chi connectivity index (χ2v) is 9.62. The van der Waals surface area contributed by atoms with Crippen LogP contribution in [0.15, 0.2) is 84.9 Å². The predicted molar refractivity (Wildman–Crippen MR) is 144 cm³/mol. The maximum atomic E-state index is 5.52. The van der Waals surface area contributed by atoms with Crippen LogP contribution in [0.1, 0.15) is 23.0 Å². The van der Waals surface area contributed by atoms with E-state index in [4.69, 9.17) is 14.7 Å². The molecular formula is C30H33N5O. The molecule has 6 heteroatoms. The van der Waals surface area contributed by atoms with Crippen molar-refractivity contribution in [1.29, 1.82) is 0 Å². The summed E-state index contributed by atoms with van der Waals surface area (Å²) in [5.74, 6) is 1.97. The molecule has 2 aliphatic rings. The highest BCUT2D eigenvalue weighted by molar-refractivity contribution is 5.89. The second-order valence-electron chi connectivity index (χ2n) is 9.62. The highest BCUT2D eigenvalue weighted by Crippen LogP contribution is 2.31. The number of ether oxygens (including phenoxy) is 1. The molecule has 184 valence electrons. The average Bonchev–Trinajstić information content (AvgIpc) is 2.95. The maximum Gasteiger partial charge on any atom is 0.145 e. The molecule has 0 amide bonds. The van der Waals surface area contributed by atoms with Crippen LogP contribution < -0.4 is 4.90 Å². The molecule has 0 aliphatic carbocycles. The topological polar surface area (TPSA) is 44.7 Å². The van der Waals surface area contributed by atoms with Crippen molar-refractivity contribution in [1.82, 2.24) is 19.8 Å². The van der Waals surface area contributed by atoms with Gasteiger partial charge in [0.2, 0.25) is 0 Å². The van der Waals surface area contributed by atoms with Crippen molar-refractivity contribution in [3.63, 3.8) is 0 Å². The zero-order chi connectivity index (χ0) is 24.2. The second kappa shape index (κ2) is 10.7. The summed E-state index contributed by atoms with van der Waals surface area (Å²) in [7, 11) is 0. The molecule has 3 heterocycles. The minimum absolute atomic E-state index is 0.258. The molecule has 0 N–H and O–H groups in total. The Kier molecular flexibility index (Phi) is 6.89. The number of anilines is 1. The Morgan fingerprint density at radius 2 is 1.28 bits per heavy atom. The van der Waals surface area contributed by atoms with Gasteiger partial charge < -0.3 is 9.64 Å². The van der Waals surface area contributed by atoms with Gasteiger partial charge in [-0.3, -0.25) is 9.80 Å². The van der Waals surface area contributed by atoms with Gasteiger partial charge in [0.1, 0.15) is 11.6 Å². The van der Waals surface area contributed by atoms with Crippen LogP contribution in [0.25, 0.3) is 10.9 Å². The molecule has 2 saturated heterocycles. The number of benzene rings is 3. The Bertz CT molecular complexity index is 1230. The minimum atomic E-state index is 0.258. The van der Waals surface area contributed by atoms with Gasteiger partial charge in [-0.1, -0.05) is 72.8 Å². The number of nitrogens with zero attached hydrogens (tertiary/aromatic N) is 5. The third-order valence-corrected chi connectivity index (χ3v) is 7.31. The number of hydrogen-bond donors (Lipinski definition) is 0. The van der Waals surface area contributed by atoms with Crippen LogP contribution in [0.5, 0.6) is 0 Å². The summed E-state index contributed by atoms with van der Waals surface area (Å²) in [6.07, 6.45) is 0. The summed E-state index contributed by atoms with van der Waals surface area (Å²) in [4.78, 5) is 17.5. The fourth-order valence-corrected chi connectivity index (χ4v) is 5.45. The first-order chi connectivity index (χ1) is 17.8. The third kappa shape index (κ3) is 4.98. The van der Waals surface area contributed by atoms with Gasteiger partial charge in [-0.15, -0.1) is 0 Å². The van der Waals surface area contributed by atoms with Crippen molar-refractivity contribution in [2.45, 2.75) is 12.6 Å². The summed E-state index contributed by atoms with van der Waals surface area (Å²) >= 11 is 0. The van der Waals surface area contributed by atoms with Crippen molar-refractivity contribution in [3.05, 3.63) is 102 Å². The molecule has 4 aromatic rings. The monoisotopic (exact) mass is 479 g/mol. The third-order valence-electron chi connectivity index (χ3n) is 7.31. The van der Waals surface area contributed by atoms with E-state index in [-0.39, 0.29) is 6.04 Å². The molecule has 2 fully saturated rings. The highest BCUT2D eigenvalue weighted by Gasteiger charge is 2.28. The van der Waals surface area contributed by atoms with Crippen LogP contribution in [0.2, 0.25) is 0 Å². The SMILES string of the molecule is c1ccc(C(c2ccccc2)N2CCN(c3nc(CN4CCOCC4)nc4ccccc34)CC2)cc1. The number of aromatic nitrogens is 2. The van der Waals surface area contributed by atoms with Crippen molar-refractivity contribution in [2.24, 2.45) is 0 Å². The summed E-state index contributed by atoms with van der Waals surface area (Å²) in [5, 5.41) is 1.14. The molecule has 2 aliphatic heterocycles. The Hall–Kier alpha value is -3.32. The molecule has 0 saturated carbocycles. The number of piperazine rings is 1. The van der Waals surface area contributed by atoms with Crippen LogP contribution in [0.3, 0.4) is 0 Å². The minimum Gasteiger partial charge on any atom is -0.379 e. The Morgan fingerprint density at radius 1 is 0.667 bits per heavy atom. The number of fused-ring (bicyclic) bond motifs is 1. The molecule has 6 nitrogen and oxygen atoms in total. The quantitative estimate of drug-likeness (QED) is 0.409. The van der Waals surface area contributed by atoms with E-state index in [1.807, 2.05) is 0 Å². The highest BCUT2D eigenvalue weighted by atomic mass is 16.5. The first-order valence-electron chi connectivity index (χ1n) is 13.0. The van der Waals surface area contributed by atoms with Crippen LogP contribution in [-0.2, 0) is 11.3 Å². The van der Waals surface area contributed by atoms with Gasteiger partial charge in [-0.2, -0.15) is 0 Å². The van der Waals surface area contributed by atoms with E-state index in [0.717, 1.165) is 81.6 Å². The largest absolute Gasteiger partial charge is 0.379 e. The normalized spacial score (nSPS) is 17.6. The first kappa shape index (κ1) is 23.1. The van der Waals surface area contributed by atoms with E-state index < -0.39 is 0 Å². The standard InChI is InChI=1S/C30H33N5O/c1-3-9-24(10-4-1)29(25-11-5-2-6-12-25)34-15-17-35(18-16-34)30-26-13-7-8-14-27(26)31-28(32-30)23-33-19-21-36-22-20-33/h1-14,29H,15-23H2. The van der Waals surface area contributed by atoms with Crippen LogP contribution in [0.4, 0.5) is 5.82 Å². The number of hydrogen-bond acceptors (Lipinski definition) is 6. The van der Waals surface area contributed by atoms with E-state index in [2.05, 4.69) is 99.6 Å². The van der Waals surface area contributed by atoms with E-state index in [1.165, 1.54) is 11.1 Å². The fourth-order valence-electron chi connectivity index (χ4n) is 5.45. The van der Waals surface area contributed by atoms with E-state index in [0.29, 0.717) is 0 Å². The van der Waals surface area contributed by atoms with Crippen LogP contribution >= 0.6 is 0 Å². The van der Waals surface area contributed by atoms with Crippen molar-refractivity contribution < 1.29 is 4.74 Å². The van der Waals surface area contributed by atoms with E-state index >= 15 is 0 Å². The van der Waals surface area contributed by atoms with Gasteiger partial charge in [0.25, 0.3) is 0 Å². The Morgan fingerprint density at radius 3 is 1.94 bits per heavy atom. The lowest BCUT2D eigenvalue weighted by Gasteiger charge is -2.40. The molecule has 0 atom stereocenters. The lowest BCUT2D eigenvalue weighted by atomic mass is 9.96. The van der Waals surface area contributed by atoms with Crippen LogP contribution in [0, 0.1) is 0 Å². The lowest BCUT2D eigenvalue weighted by molar-refractivity contribution is 0.0331. The number of morpholine rings is 1. The van der Waals surface area contributed by atoms with Crippen molar-refractivity contribution in [2.75, 3.05) is 57.4 Å². The van der Waals surface area contributed by atoms with Crippen LogP contribution in [-0.4, -0.2) is 72.3 Å². The van der Waals surface area contributed by atoms with E-state index in [9.17, 15) is 0 Å². The Labute approximate surface area is 213 Å². The van der Waals surface area contributed by atoms with Crippen molar-refractivity contribution >= 4 is 16.7 Å². The summed E-state index contributed by atoms with van der Waals surface area (Å²) in [6, 6.07) is 30.5. The average molecular weight is 480 g/mol. The van der Waals surface area contributed by atoms with Gasteiger partial charge in [0.15, 0.2) is 0 Å². The predicted octanol–water partition coefficient (Wildman–Crippen LogP) is 4.37. The molecule has 0 radical (unpaired) electrons. The first-order valence-corrected chi connectivity index (χ1v) is 13.0. The molecule has 0 unspecified atom stereocenters. The van der Waals surface area contributed by atoms with Gasteiger partial charge >= 0.3 is 0 Å². The number of rotatable bonds is 6.